The van der Waals surface area contributed by atoms with E-state index < -0.39 is 24.7 Å². The Bertz CT molecular complexity index is 1760. The van der Waals surface area contributed by atoms with Gasteiger partial charge in [0, 0.05) is 93.6 Å². The van der Waals surface area contributed by atoms with Crippen LogP contribution in [0.25, 0.3) is 0 Å². The highest BCUT2D eigenvalue weighted by atomic mass is 19.3. The first-order valence-corrected chi connectivity index (χ1v) is 29.4. The molecule has 0 amide bonds. The molecule has 2 saturated heterocycles. The Morgan fingerprint density at radius 2 is 1.21 bits per heavy atom. The molecule has 0 saturated carbocycles. The van der Waals surface area contributed by atoms with Crippen LogP contribution in [0, 0.1) is 0 Å². The molecule has 3 heterocycles. The average Bonchev–Trinajstić information content (AvgIpc) is 3.32. The first-order chi connectivity index (χ1) is 36.1. The van der Waals surface area contributed by atoms with Crippen molar-refractivity contribution in [3.63, 3.8) is 0 Å². The van der Waals surface area contributed by atoms with E-state index in [4.69, 9.17) is 42.6 Å². The average molecular weight is 1120 g/mol. The maximum atomic E-state index is 14.3. The van der Waals surface area contributed by atoms with Gasteiger partial charge in [-0.2, -0.15) is 0 Å². The van der Waals surface area contributed by atoms with Gasteiger partial charge in [0.1, 0.15) is 24.4 Å². The van der Waals surface area contributed by atoms with Crippen LogP contribution in [0.1, 0.15) is 151 Å². The molecule has 1 unspecified atom stereocenters. The molecule has 458 valence electrons. The molecule has 18 heteroatoms. The van der Waals surface area contributed by atoms with Crippen LogP contribution in [0.2, 0.25) is 0 Å². The molecule has 0 bridgehead atoms. The summed E-state index contributed by atoms with van der Waals surface area (Å²) in [4.78, 5) is 16.8. The maximum absolute atomic E-state index is 14.3. The van der Waals surface area contributed by atoms with E-state index in [1.54, 1.807) is 26.8 Å². The van der Waals surface area contributed by atoms with E-state index in [1.807, 2.05) is 6.07 Å². The SMILES string of the molecule is C[C@H](OCCOCCOC(C)(C)CCC(C)(C)N1CCN(c2ccc(OCC(F)(F)COC(C)(C)C)cn2)CC1)N(CCOCCOC(C)(C)CC1CN(C(C)(C)C)CCN1CCOCCOCCNC(C)(C)C)C(C)(C)C. The highest BCUT2D eigenvalue weighted by Crippen LogP contribution is 2.30. The number of nitrogens with one attached hydrogen (secondary N) is 1. The smallest absolute Gasteiger partial charge is 0.304 e. The van der Waals surface area contributed by atoms with Gasteiger partial charge in [0.2, 0.25) is 0 Å². The first-order valence-electron chi connectivity index (χ1n) is 29.4. The summed E-state index contributed by atoms with van der Waals surface area (Å²) < 4.78 is 82.3. The van der Waals surface area contributed by atoms with Crippen molar-refractivity contribution >= 4 is 5.82 Å². The molecule has 0 spiro atoms. The number of ether oxygens (including phenoxy) is 9. The summed E-state index contributed by atoms with van der Waals surface area (Å²) in [6.45, 7) is 54.4. The van der Waals surface area contributed by atoms with Crippen molar-refractivity contribution in [1.29, 1.82) is 0 Å². The van der Waals surface area contributed by atoms with E-state index >= 15 is 0 Å². The third-order valence-corrected chi connectivity index (χ3v) is 14.6. The second-order valence-electron chi connectivity index (χ2n) is 27.4. The quantitative estimate of drug-likeness (QED) is 0.0503. The van der Waals surface area contributed by atoms with Gasteiger partial charge in [-0.05, 0) is 163 Å². The second kappa shape index (κ2) is 32.2. The second-order valence-corrected chi connectivity index (χ2v) is 27.4. The van der Waals surface area contributed by atoms with Crippen LogP contribution in [-0.2, 0) is 37.9 Å². The Morgan fingerprint density at radius 3 is 1.79 bits per heavy atom. The summed E-state index contributed by atoms with van der Waals surface area (Å²) in [5.74, 6) is -1.97. The number of aromatic nitrogens is 1. The van der Waals surface area contributed by atoms with Crippen molar-refractivity contribution in [2.45, 2.75) is 208 Å². The fraction of sp³-hybridized carbons (Fsp3) is 0.917. The van der Waals surface area contributed by atoms with Gasteiger partial charge in [0.25, 0.3) is 0 Å². The Balaban J connectivity index is 1.29. The minimum atomic E-state index is -3.10. The lowest BCUT2D eigenvalue weighted by Gasteiger charge is -2.48. The van der Waals surface area contributed by atoms with Gasteiger partial charge in [-0.15, -0.1) is 0 Å². The van der Waals surface area contributed by atoms with Gasteiger partial charge in [0.05, 0.1) is 95.7 Å². The van der Waals surface area contributed by atoms with Crippen molar-refractivity contribution in [3.05, 3.63) is 18.3 Å². The number of hydrogen-bond acceptors (Lipinski definition) is 16. The van der Waals surface area contributed by atoms with Gasteiger partial charge in [0.15, 0.2) is 6.61 Å². The minimum absolute atomic E-state index is 0.0195. The summed E-state index contributed by atoms with van der Waals surface area (Å²) in [6, 6.07) is 3.91. The highest BCUT2D eigenvalue weighted by Gasteiger charge is 2.37. The van der Waals surface area contributed by atoms with E-state index in [0.717, 1.165) is 90.5 Å². The molecule has 2 aliphatic rings. The van der Waals surface area contributed by atoms with Crippen molar-refractivity contribution in [1.82, 2.24) is 29.9 Å². The molecule has 1 N–H and O–H groups in total. The molecule has 0 radical (unpaired) electrons. The topological polar surface area (TPSA) is 124 Å². The number of rotatable bonds is 37. The predicted octanol–water partition coefficient (Wildman–Crippen LogP) is 9.27. The summed E-state index contributed by atoms with van der Waals surface area (Å²) in [7, 11) is 0. The van der Waals surface area contributed by atoms with Gasteiger partial charge in [-0.3, -0.25) is 19.6 Å². The van der Waals surface area contributed by atoms with Gasteiger partial charge in [-0.25, -0.2) is 13.8 Å². The van der Waals surface area contributed by atoms with E-state index in [-0.39, 0.29) is 39.6 Å². The third kappa shape index (κ3) is 29.4. The Kier molecular flexibility index (Phi) is 29.1. The molecule has 1 aromatic heterocycles. The van der Waals surface area contributed by atoms with Gasteiger partial charge < -0.3 is 52.8 Å². The Labute approximate surface area is 473 Å². The van der Waals surface area contributed by atoms with Crippen molar-refractivity contribution in [3.8, 4) is 5.75 Å². The normalized spacial score (nSPS) is 18.1. The molecule has 1 aromatic rings. The zero-order valence-corrected chi connectivity index (χ0v) is 52.9. The lowest BCUT2D eigenvalue weighted by molar-refractivity contribution is -0.137. The minimum Gasteiger partial charge on any atom is -0.486 e. The largest absolute Gasteiger partial charge is 0.486 e. The van der Waals surface area contributed by atoms with Crippen molar-refractivity contribution in [2.24, 2.45) is 0 Å². The van der Waals surface area contributed by atoms with Crippen molar-refractivity contribution in [2.75, 3.05) is 156 Å². The van der Waals surface area contributed by atoms with E-state index in [2.05, 4.69) is 146 Å². The summed E-state index contributed by atoms with van der Waals surface area (Å²) in [5, 5.41) is 3.45. The number of piperazine rings is 2. The van der Waals surface area contributed by atoms with E-state index in [0.29, 0.717) is 84.5 Å². The number of hydrogen-bond donors (Lipinski definition) is 1. The van der Waals surface area contributed by atoms with Crippen LogP contribution in [0.15, 0.2) is 18.3 Å². The lowest BCUT2D eigenvalue weighted by atomic mass is 9.89. The van der Waals surface area contributed by atoms with E-state index in [9.17, 15) is 8.78 Å². The van der Waals surface area contributed by atoms with Crippen LogP contribution in [-0.4, -0.2) is 233 Å². The maximum Gasteiger partial charge on any atom is 0.304 e. The molecular weight excluding hydrogens is 1000 g/mol. The van der Waals surface area contributed by atoms with Crippen LogP contribution < -0.4 is 15.0 Å². The molecular formula is C60H115F2N7O9. The predicted molar refractivity (Wildman–Crippen MR) is 312 cm³/mol. The third-order valence-electron chi connectivity index (χ3n) is 14.6. The molecule has 2 aliphatic heterocycles. The number of anilines is 1. The fourth-order valence-electron chi connectivity index (χ4n) is 9.75. The lowest BCUT2D eigenvalue weighted by Crippen LogP contribution is -2.60. The van der Waals surface area contributed by atoms with Crippen LogP contribution in [0.3, 0.4) is 0 Å². The summed E-state index contributed by atoms with van der Waals surface area (Å²) in [6.07, 6.45) is 4.22. The number of alkyl halides is 2. The summed E-state index contributed by atoms with van der Waals surface area (Å²) >= 11 is 0. The van der Waals surface area contributed by atoms with Crippen LogP contribution in [0.5, 0.6) is 5.75 Å². The molecule has 0 aliphatic carbocycles. The Hall–Kier alpha value is -1.91. The van der Waals surface area contributed by atoms with Crippen molar-refractivity contribution < 1.29 is 51.4 Å². The monoisotopic (exact) mass is 1120 g/mol. The molecule has 0 aromatic carbocycles. The molecule has 2 atom stereocenters. The standard InChI is InChI=1S/C60H115F2N7O9/c1-49(69(55(8,9)10)32-35-72-39-43-77-59(18,19)44-50-46-68(54(5,6)7)30-25-65(50)31-34-71-37-36-70-33-24-64-53(2,3)4)74-41-38-73-40-42-76-58(16,17)23-22-57(14,15)67-28-26-66(27-29-67)52-21-20-51(45-63-52)75-47-60(61,62)48-78-56(11,12)13/h20-21,45,49-50,64H,22-44,46-48H2,1-19H3/t49-,50?/m0/s1. The van der Waals surface area contributed by atoms with Gasteiger partial charge in [-0.1, -0.05) is 0 Å². The molecule has 3 rings (SSSR count). The molecule has 2 fully saturated rings. The highest BCUT2D eigenvalue weighted by molar-refractivity contribution is 5.41. The van der Waals surface area contributed by atoms with Crippen LogP contribution >= 0.6 is 0 Å². The zero-order valence-electron chi connectivity index (χ0n) is 52.9. The molecule has 16 nitrogen and oxygen atoms in total. The van der Waals surface area contributed by atoms with Gasteiger partial charge >= 0.3 is 5.92 Å². The first kappa shape index (κ1) is 70.4. The Morgan fingerprint density at radius 1 is 0.628 bits per heavy atom. The fourth-order valence-corrected chi connectivity index (χ4v) is 9.75. The van der Waals surface area contributed by atoms with E-state index in [1.165, 1.54) is 6.20 Å². The zero-order chi connectivity index (χ0) is 58.5. The number of nitrogens with zero attached hydrogens (tertiary/aromatic N) is 6. The molecule has 78 heavy (non-hydrogen) atoms. The van der Waals surface area contributed by atoms with Crippen LogP contribution in [0.4, 0.5) is 14.6 Å². The number of pyridine rings is 1. The summed E-state index contributed by atoms with van der Waals surface area (Å²) in [5.41, 5.74) is -1.18. The number of halogens is 2.